The van der Waals surface area contributed by atoms with Gasteiger partial charge in [0.15, 0.2) is 0 Å². The Morgan fingerprint density at radius 1 is 1.15 bits per heavy atom. The molecule has 0 fully saturated rings. The van der Waals surface area contributed by atoms with Gasteiger partial charge in [-0.05, 0) is 11.6 Å². The van der Waals surface area contributed by atoms with Crippen molar-refractivity contribution in [1.29, 1.82) is 0 Å². The molecule has 0 bridgehead atoms. The van der Waals surface area contributed by atoms with Crippen molar-refractivity contribution >= 4 is 22.4 Å². The minimum absolute atomic E-state index is 0.0628. The fourth-order valence-corrected chi connectivity index (χ4v) is 3.02. The van der Waals surface area contributed by atoms with E-state index in [1.54, 1.807) is 25.1 Å². The van der Waals surface area contributed by atoms with Gasteiger partial charge in [-0.15, -0.1) is 0 Å². The van der Waals surface area contributed by atoms with Gasteiger partial charge in [0, 0.05) is 41.8 Å². The maximum Gasteiger partial charge on any atom is 0.339 e. The molecule has 7 nitrogen and oxygen atoms in total. The molecule has 0 saturated heterocycles. The average molecular weight is 366 g/mol. The van der Waals surface area contributed by atoms with Crippen LogP contribution in [-0.2, 0) is 4.79 Å². The van der Waals surface area contributed by atoms with Crippen LogP contribution in [0, 0.1) is 10.1 Å². The van der Waals surface area contributed by atoms with Gasteiger partial charge in [0.25, 0.3) is 5.69 Å². The summed E-state index contributed by atoms with van der Waals surface area (Å²) in [5, 5.41) is 24.0. The lowest BCUT2D eigenvalue weighted by Gasteiger charge is -2.22. The lowest BCUT2D eigenvalue weighted by molar-refractivity contribution is -0.384. The maximum absolute atomic E-state index is 12.9. The first-order valence-electron chi connectivity index (χ1n) is 8.41. The van der Waals surface area contributed by atoms with E-state index in [0.29, 0.717) is 5.56 Å². The number of ketones is 1. The highest BCUT2D eigenvalue weighted by molar-refractivity contribution is 5.85. The lowest BCUT2D eigenvalue weighted by atomic mass is 9.86. The van der Waals surface area contributed by atoms with Crippen LogP contribution < -0.4 is 10.7 Å². The molecule has 0 aliphatic heterocycles. The van der Waals surface area contributed by atoms with Gasteiger partial charge in [0.1, 0.15) is 11.4 Å². The molecule has 1 aromatic heterocycles. The van der Waals surface area contributed by atoms with Gasteiger partial charge < -0.3 is 9.52 Å². The molecule has 1 unspecified atom stereocenters. The molecule has 0 radical (unpaired) electrons. The van der Waals surface area contributed by atoms with E-state index in [2.05, 4.69) is 0 Å². The number of nitro benzene ring substituents is 1. The van der Waals surface area contributed by atoms with Crippen LogP contribution in [-0.4, -0.2) is 10.7 Å². The van der Waals surface area contributed by atoms with Crippen LogP contribution in [0.5, 0.6) is 5.75 Å². The third-order valence-electron chi connectivity index (χ3n) is 4.48. The van der Waals surface area contributed by atoms with Gasteiger partial charge in [0.05, 0.1) is 4.92 Å². The maximum atomic E-state index is 12.9. The van der Waals surface area contributed by atoms with Crippen LogP contribution in [0.2, 0.25) is 0 Å². The van der Waals surface area contributed by atoms with Crippen molar-refractivity contribution in [3.63, 3.8) is 0 Å². The second-order valence-corrected chi connectivity index (χ2v) is 6.13. The average Bonchev–Trinajstić information content (AvgIpc) is 2.67. The predicted octanol–water partition coefficient (Wildman–Crippen LogP) is 3.28. The summed E-state index contributed by atoms with van der Waals surface area (Å²) in [6, 6.07) is 11.9. The number of non-ortho nitro benzene ring substituents is 1. The molecule has 2 aromatic carbocycles. The summed E-state index contributed by atoms with van der Waals surface area (Å²) in [6.07, 6.45) is 0.184. The Morgan fingerprint density at radius 3 is 2.44 bits per heavy atom. The molecule has 0 spiro atoms. The van der Waals surface area contributed by atoms with E-state index in [1.165, 1.54) is 30.3 Å². The number of fused-ring (bicyclic) bond motifs is 1. The molecule has 0 N–H and O–H groups in total. The first-order chi connectivity index (χ1) is 12.9. The number of nitro groups is 1. The third-order valence-corrected chi connectivity index (χ3v) is 4.48. The van der Waals surface area contributed by atoms with E-state index in [-0.39, 0.29) is 40.8 Å². The minimum Gasteiger partial charge on any atom is -0.872 e. The quantitative estimate of drug-likeness (QED) is 0.376. The van der Waals surface area contributed by atoms with Gasteiger partial charge in [0.2, 0.25) is 0 Å². The van der Waals surface area contributed by atoms with Crippen molar-refractivity contribution in [2.24, 2.45) is 0 Å². The number of carbonyl (C=O) groups is 1. The normalized spacial score (nSPS) is 12.0. The van der Waals surface area contributed by atoms with Crippen LogP contribution in [0.1, 0.15) is 36.8 Å². The first kappa shape index (κ1) is 18.3. The number of hydrogen-bond acceptors (Lipinski definition) is 6. The zero-order chi connectivity index (χ0) is 19.6. The Morgan fingerprint density at radius 2 is 1.81 bits per heavy atom. The van der Waals surface area contributed by atoms with E-state index < -0.39 is 22.2 Å². The highest BCUT2D eigenvalue weighted by Crippen LogP contribution is 2.35. The summed E-state index contributed by atoms with van der Waals surface area (Å²) in [6.45, 7) is 1.69. The van der Waals surface area contributed by atoms with E-state index in [4.69, 9.17) is 4.42 Å². The second-order valence-electron chi connectivity index (χ2n) is 6.13. The van der Waals surface area contributed by atoms with Crippen molar-refractivity contribution < 1.29 is 19.2 Å². The van der Waals surface area contributed by atoms with Crippen LogP contribution in [0.25, 0.3) is 11.0 Å². The Kier molecular flexibility index (Phi) is 5.03. The standard InChI is InChI=1S/C20H17NO6/c1-2-14(22)11-16(12-7-9-13(10-8-12)21(25)26)18-19(23)15-5-3-4-6-17(15)27-20(18)24/h3-10,16,23H,2,11H2,1H3/p-1. The number of rotatable bonds is 6. The fraction of sp³-hybridized carbons (Fsp3) is 0.200. The highest BCUT2D eigenvalue weighted by Gasteiger charge is 2.24. The number of para-hydroxylation sites is 1. The summed E-state index contributed by atoms with van der Waals surface area (Å²) >= 11 is 0. The highest BCUT2D eigenvalue weighted by atomic mass is 16.6. The topological polar surface area (TPSA) is 113 Å². The largest absolute Gasteiger partial charge is 0.872 e. The van der Waals surface area contributed by atoms with Crippen molar-refractivity contribution in [1.82, 2.24) is 0 Å². The minimum atomic E-state index is -0.827. The lowest BCUT2D eigenvalue weighted by Crippen LogP contribution is -2.19. The Balaban J connectivity index is 2.19. The van der Waals surface area contributed by atoms with Crippen LogP contribution in [0.15, 0.2) is 57.7 Å². The molecule has 3 rings (SSSR count). The van der Waals surface area contributed by atoms with Gasteiger partial charge in [-0.1, -0.05) is 43.0 Å². The molecule has 27 heavy (non-hydrogen) atoms. The smallest absolute Gasteiger partial charge is 0.339 e. The van der Waals surface area contributed by atoms with E-state index >= 15 is 0 Å². The molecule has 0 aliphatic carbocycles. The van der Waals surface area contributed by atoms with Gasteiger partial charge in [-0.2, -0.15) is 0 Å². The van der Waals surface area contributed by atoms with E-state index in [9.17, 15) is 24.8 Å². The van der Waals surface area contributed by atoms with Gasteiger partial charge >= 0.3 is 5.63 Å². The molecule has 0 aliphatic rings. The second kappa shape index (κ2) is 7.41. The molecule has 0 amide bonds. The van der Waals surface area contributed by atoms with Crippen molar-refractivity contribution in [3.05, 3.63) is 80.2 Å². The predicted molar refractivity (Wildman–Crippen MR) is 96.8 cm³/mol. The van der Waals surface area contributed by atoms with Crippen molar-refractivity contribution in [2.75, 3.05) is 0 Å². The van der Waals surface area contributed by atoms with Crippen LogP contribution in [0.4, 0.5) is 5.69 Å². The molecular formula is C20H16NO6-. The molecule has 3 aromatic rings. The Labute approximate surface area is 154 Å². The molecule has 138 valence electrons. The number of carbonyl (C=O) groups excluding carboxylic acids is 1. The molecule has 7 heteroatoms. The van der Waals surface area contributed by atoms with E-state index in [1.807, 2.05) is 0 Å². The third kappa shape index (κ3) is 3.57. The summed E-state index contributed by atoms with van der Waals surface area (Å²) < 4.78 is 5.28. The summed E-state index contributed by atoms with van der Waals surface area (Å²) in [5.74, 6) is -1.45. The SMILES string of the molecule is CCC(=O)CC(c1ccc([N+](=O)[O-])cc1)c1c([O-])c2ccccc2oc1=O. The number of benzene rings is 2. The fourth-order valence-electron chi connectivity index (χ4n) is 3.02. The molecule has 1 heterocycles. The van der Waals surface area contributed by atoms with Crippen molar-refractivity contribution in [2.45, 2.75) is 25.7 Å². The number of nitrogens with zero attached hydrogens (tertiary/aromatic N) is 1. The van der Waals surface area contributed by atoms with Crippen LogP contribution in [0.3, 0.4) is 0 Å². The molecular weight excluding hydrogens is 350 g/mol. The van der Waals surface area contributed by atoms with Crippen molar-refractivity contribution in [3.8, 4) is 5.75 Å². The van der Waals surface area contributed by atoms with Crippen LogP contribution >= 0.6 is 0 Å². The summed E-state index contributed by atoms with van der Waals surface area (Å²) in [5.41, 5.74) is -0.398. The van der Waals surface area contributed by atoms with Gasteiger partial charge in [-0.25, -0.2) is 4.79 Å². The summed E-state index contributed by atoms with van der Waals surface area (Å²) in [7, 11) is 0. The first-order valence-corrected chi connectivity index (χ1v) is 8.41. The number of Topliss-reactive ketones (excluding diaryl/α,β-unsaturated/α-hetero) is 1. The Bertz CT molecular complexity index is 1070. The molecule has 1 atom stereocenters. The Hall–Kier alpha value is -3.48. The zero-order valence-corrected chi connectivity index (χ0v) is 14.5. The van der Waals surface area contributed by atoms with Gasteiger partial charge in [-0.3, -0.25) is 14.9 Å². The summed E-state index contributed by atoms with van der Waals surface area (Å²) in [4.78, 5) is 34.9. The number of hydrogen-bond donors (Lipinski definition) is 0. The molecule has 0 saturated carbocycles. The monoisotopic (exact) mass is 366 g/mol. The zero-order valence-electron chi connectivity index (χ0n) is 14.5. The van der Waals surface area contributed by atoms with E-state index in [0.717, 1.165) is 0 Å².